The molecule has 7 aromatic rings. The van der Waals surface area contributed by atoms with Gasteiger partial charge in [-0.25, -0.2) is 0 Å². The maximum atomic E-state index is 11.2. The molecule has 2 atom stereocenters. The number of nitriles is 2. The third-order valence-corrected chi connectivity index (χ3v) is 13.4. The van der Waals surface area contributed by atoms with E-state index in [1.165, 1.54) is 55.6 Å². The zero-order chi connectivity index (χ0) is 36.7. The van der Waals surface area contributed by atoms with Crippen LogP contribution in [0.3, 0.4) is 0 Å². The summed E-state index contributed by atoms with van der Waals surface area (Å²) in [6.07, 6.45) is 0. The Kier molecular flexibility index (Phi) is 6.08. The molecule has 0 N–H and O–H groups in total. The molecule has 0 radical (unpaired) electrons. The lowest BCUT2D eigenvalue weighted by atomic mass is 9.58. The van der Waals surface area contributed by atoms with Crippen molar-refractivity contribution in [3.63, 3.8) is 0 Å². The van der Waals surface area contributed by atoms with E-state index in [0.29, 0.717) is 0 Å². The second kappa shape index (κ2) is 10.6. The quantitative estimate of drug-likeness (QED) is 0.181. The van der Waals surface area contributed by atoms with Gasteiger partial charge < -0.3 is 0 Å². The minimum absolute atomic E-state index is 0.137. The van der Waals surface area contributed by atoms with Crippen molar-refractivity contribution in [2.75, 3.05) is 0 Å². The van der Waals surface area contributed by atoms with E-state index >= 15 is 0 Å². The third-order valence-electron chi connectivity index (χ3n) is 13.4. The van der Waals surface area contributed by atoms with Crippen LogP contribution < -0.4 is 0 Å². The molecule has 2 heteroatoms. The molecular weight excluding hydrogens is 653 g/mol. The molecule has 0 aromatic heterocycles. The largest absolute Gasteiger partial charge is 0.192 e. The number of fused-ring (bicyclic) bond motifs is 6. The lowest BCUT2D eigenvalue weighted by molar-refractivity contribution is 0.660. The van der Waals surface area contributed by atoms with Crippen LogP contribution in [0.1, 0.15) is 106 Å². The van der Waals surface area contributed by atoms with Crippen molar-refractivity contribution in [2.45, 2.75) is 50.4 Å². The zero-order valence-corrected chi connectivity index (χ0v) is 30.8. The number of benzene rings is 7. The van der Waals surface area contributed by atoms with Crippen molar-refractivity contribution in [3.8, 4) is 56.6 Å². The smallest absolute Gasteiger partial charge is 0.100 e. The fourth-order valence-electron chi connectivity index (χ4n) is 11.0. The number of nitrogens with zero attached hydrogens (tertiary/aromatic N) is 2. The van der Waals surface area contributed by atoms with Gasteiger partial charge in [0.05, 0.1) is 11.1 Å². The zero-order valence-electron chi connectivity index (χ0n) is 30.8. The first-order chi connectivity index (χ1) is 26.3. The van der Waals surface area contributed by atoms with Gasteiger partial charge in [0.2, 0.25) is 0 Å². The molecule has 5 aliphatic rings. The normalized spacial score (nSPS) is 17.9. The minimum atomic E-state index is -0.159. The summed E-state index contributed by atoms with van der Waals surface area (Å²) in [7, 11) is 0. The predicted octanol–water partition coefficient (Wildman–Crippen LogP) is 12.4. The van der Waals surface area contributed by atoms with Crippen molar-refractivity contribution >= 4 is 0 Å². The van der Waals surface area contributed by atoms with Crippen molar-refractivity contribution < 1.29 is 0 Å². The number of hydrogen-bond donors (Lipinski definition) is 0. The molecule has 254 valence electrons. The average molecular weight is 689 g/mol. The number of rotatable bonds is 2. The lowest BCUT2D eigenvalue weighted by Gasteiger charge is -2.43. The van der Waals surface area contributed by atoms with Crippen LogP contribution in [0.5, 0.6) is 0 Å². The summed E-state index contributed by atoms with van der Waals surface area (Å²) in [5.41, 5.74) is 22.5. The van der Waals surface area contributed by atoms with Gasteiger partial charge in [-0.15, -0.1) is 0 Å². The summed E-state index contributed by atoms with van der Waals surface area (Å²) >= 11 is 0. The van der Waals surface area contributed by atoms with E-state index in [0.717, 1.165) is 55.6 Å². The van der Waals surface area contributed by atoms with E-state index in [2.05, 4.69) is 173 Å². The van der Waals surface area contributed by atoms with Crippen LogP contribution >= 0.6 is 0 Å². The van der Waals surface area contributed by atoms with Crippen LogP contribution in [0.25, 0.3) is 44.5 Å². The Morgan fingerprint density at radius 1 is 0.370 bits per heavy atom. The Bertz CT molecular complexity index is 2720. The highest BCUT2D eigenvalue weighted by Crippen LogP contribution is 2.61. The van der Waals surface area contributed by atoms with Gasteiger partial charge in [0.25, 0.3) is 0 Å². The summed E-state index contributed by atoms with van der Waals surface area (Å²) in [6, 6.07) is 53.7. The van der Waals surface area contributed by atoms with Gasteiger partial charge in [-0.05, 0) is 89.0 Å². The summed E-state index contributed by atoms with van der Waals surface area (Å²) in [4.78, 5) is 0. The third kappa shape index (κ3) is 3.68. The number of hydrogen-bond acceptors (Lipinski definition) is 2. The van der Waals surface area contributed by atoms with E-state index < -0.39 is 0 Å². The molecule has 0 saturated carbocycles. The standard InChI is InChI=1S/C52H36N2/c1-51(2)41-19-9-7-15-35(41)45-31(17-11-21-43(45)51)29-23-25-37-48-34-14-6-5-13-33(34)47(49(37)39(29)27-53)38-26-24-30(40(28-54)50(38)48)32-18-12-22-44-46(32)36-16-8-10-20-42(36)52(44,3)4/h5-26,47-48H,1-4H3. The highest BCUT2D eigenvalue weighted by molar-refractivity contribution is 5.97. The molecule has 0 aliphatic heterocycles. The fourth-order valence-corrected chi connectivity index (χ4v) is 11.0. The Balaban J connectivity index is 1.16. The monoisotopic (exact) mass is 688 g/mol. The van der Waals surface area contributed by atoms with Gasteiger partial charge in [-0.3, -0.25) is 0 Å². The second-order valence-electron chi connectivity index (χ2n) is 16.5. The first kappa shape index (κ1) is 31.1. The first-order valence-electron chi connectivity index (χ1n) is 19.0. The SMILES string of the molecule is CC1(C)c2ccccc2-c2c(-c3ccc4c(c3C#N)C3c5ccccc5C4c4c3ccc(-c3cccc5c3-c3ccccc3C5(C)C)c4C#N)cccc21. The van der Waals surface area contributed by atoms with E-state index in [1.54, 1.807) is 0 Å². The molecule has 2 nitrogen and oxygen atoms in total. The molecule has 7 aromatic carbocycles. The minimum Gasteiger partial charge on any atom is -0.192 e. The Morgan fingerprint density at radius 2 is 0.741 bits per heavy atom. The summed E-state index contributed by atoms with van der Waals surface area (Å²) in [5, 5.41) is 22.4. The van der Waals surface area contributed by atoms with Crippen LogP contribution in [0, 0.1) is 22.7 Å². The van der Waals surface area contributed by atoms with E-state index in [9.17, 15) is 10.5 Å². The Morgan fingerprint density at radius 3 is 1.17 bits per heavy atom. The molecule has 0 amide bonds. The van der Waals surface area contributed by atoms with Gasteiger partial charge in [0.15, 0.2) is 0 Å². The van der Waals surface area contributed by atoms with Crippen LogP contribution in [0.4, 0.5) is 0 Å². The van der Waals surface area contributed by atoms with Crippen molar-refractivity contribution in [2.24, 2.45) is 0 Å². The molecule has 0 heterocycles. The average Bonchev–Trinajstić information content (AvgIpc) is 3.59. The Labute approximate surface area is 316 Å². The maximum absolute atomic E-state index is 11.2. The van der Waals surface area contributed by atoms with Crippen molar-refractivity contribution in [1.82, 2.24) is 0 Å². The van der Waals surface area contributed by atoms with Gasteiger partial charge >= 0.3 is 0 Å². The maximum Gasteiger partial charge on any atom is 0.100 e. The second-order valence-corrected chi connectivity index (χ2v) is 16.5. The summed E-state index contributed by atoms with van der Waals surface area (Å²) in [5.74, 6) is -0.317. The molecular formula is C52H36N2. The molecule has 5 aliphatic carbocycles. The molecule has 0 saturated heterocycles. The van der Waals surface area contributed by atoms with Crippen molar-refractivity contribution in [3.05, 3.63) is 200 Å². The molecule has 54 heavy (non-hydrogen) atoms. The van der Waals surface area contributed by atoms with Gasteiger partial charge in [-0.2, -0.15) is 10.5 Å². The Hall–Kier alpha value is -6.48. The van der Waals surface area contributed by atoms with Gasteiger partial charge in [0, 0.05) is 33.8 Å². The topological polar surface area (TPSA) is 47.6 Å². The predicted molar refractivity (Wildman–Crippen MR) is 217 cm³/mol. The lowest BCUT2D eigenvalue weighted by Crippen LogP contribution is -2.29. The van der Waals surface area contributed by atoms with E-state index in [4.69, 9.17) is 0 Å². The fraction of sp³-hybridized carbons (Fsp3) is 0.154. The molecule has 2 bridgehead atoms. The van der Waals surface area contributed by atoms with Crippen LogP contribution in [-0.4, -0.2) is 0 Å². The van der Waals surface area contributed by atoms with Crippen molar-refractivity contribution in [1.29, 1.82) is 10.5 Å². The van der Waals surface area contributed by atoms with Gasteiger partial charge in [-0.1, -0.05) is 161 Å². The molecule has 12 rings (SSSR count). The van der Waals surface area contributed by atoms with Crippen LogP contribution in [0.2, 0.25) is 0 Å². The highest BCUT2D eigenvalue weighted by Gasteiger charge is 2.46. The molecule has 2 unspecified atom stereocenters. The summed E-state index contributed by atoms with van der Waals surface area (Å²) in [6.45, 7) is 9.21. The van der Waals surface area contributed by atoms with Crippen LogP contribution in [0.15, 0.2) is 133 Å². The van der Waals surface area contributed by atoms with E-state index in [1.807, 2.05) is 0 Å². The van der Waals surface area contributed by atoms with Gasteiger partial charge in [0.1, 0.15) is 12.1 Å². The molecule has 0 fully saturated rings. The molecule has 0 spiro atoms. The van der Waals surface area contributed by atoms with Crippen LogP contribution in [-0.2, 0) is 10.8 Å². The highest BCUT2D eigenvalue weighted by atomic mass is 14.5. The summed E-state index contributed by atoms with van der Waals surface area (Å²) < 4.78 is 0. The van der Waals surface area contributed by atoms with E-state index in [-0.39, 0.29) is 22.7 Å². The first-order valence-corrected chi connectivity index (χ1v) is 19.0.